The highest BCUT2D eigenvalue weighted by Gasteiger charge is 2.06. The third-order valence-electron chi connectivity index (χ3n) is 4.17. The predicted molar refractivity (Wildman–Crippen MR) is 122 cm³/mol. The summed E-state index contributed by atoms with van der Waals surface area (Å²) in [6.45, 7) is 4.44. The zero-order chi connectivity index (χ0) is 18.4. The molecule has 0 bridgehead atoms. The van der Waals surface area contributed by atoms with E-state index in [9.17, 15) is 0 Å². The molecule has 2 aromatic heterocycles. The van der Waals surface area contributed by atoms with Gasteiger partial charge in [-0.3, -0.25) is 4.99 Å². The Morgan fingerprint density at radius 2 is 2.00 bits per heavy atom. The number of nitrogens with zero attached hydrogens (tertiary/aromatic N) is 4. The minimum atomic E-state index is 0. The first-order chi connectivity index (χ1) is 12.7. The summed E-state index contributed by atoms with van der Waals surface area (Å²) >= 11 is 5.80. The fourth-order valence-electron chi connectivity index (χ4n) is 2.84. The molecule has 0 saturated heterocycles. The van der Waals surface area contributed by atoms with Gasteiger partial charge in [0.1, 0.15) is 11.0 Å². The quantitative estimate of drug-likeness (QED) is 0.179. The lowest BCUT2D eigenvalue weighted by atomic mass is 10.3. The Balaban J connectivity index is 0.00000261. The average molecular weight is 499 g/mol. The van der Waals surface area contributed by atoms with Crippen molar-refractivity contribution in [1.29, 1.82) is 0 Å². The molecular weight excluding hydrogens is 475 g/mol. The van der Waals surface area contributed by atoms with E-state index in [1.165, 1.54) is 5.52 Å². The SMILES string of the molecule is CN=C(NCCCn1c(C)nc2ccccc21)NCc1ccc(Cl)nc1.I. The van der Waals surface area contributed by atoms with E-state index < -0.39 is 0 Å². The van der Waals surface area contributed by atoms with Crippen LogP contribution < -0.4 is 10.6 Å². The lowest BCUT2D eigenvalue weighted by Gasteiger charge is -2.12. The van der Waals surface area contributed by atoms with Crippen LogP contribution in [0.2, 0.25) is 5.15 Å². The molecule has 6 nitrogen and oxygen atoms in total. The number of halogens is 2. The maximum Gasteiger partial charge on any atom is 0.191 e. The van der Waals surface area contributed by atoms with Crippen molar-refractivity contribution in [3.8, 4) is 0 Å². The van der Waals surface area contributed by atoms with E-state index in [0.717, 1.165) is 42.4 Å². The summed E-state index contributed by atoms with van der Waals surface area (Å²) in [5, 5.41) is 7.11. The molecule has 0 amide bonds. The molecule has 144 valence electrons. The zero-order valence-corrected chi connectivity index (χ0v) is 18.5. The summed E-state index contributed by atoms with van der Waals surface area (Å²) in [6, 6.07) is 12.0. The second-order valence-electron chi connectivity index (χ2n) is 5.99. The van der Waals surface area contributed by atoms with Crippen molar-refractivity contribution in [2.24, 2.45) is 4.99 Å². The first-order valence-electron chi connectivity index (χ1n) is 8.64. The molecule has 0 aliphatic carbocycles. The number of guanidine groups is 1. The van der Waals surface area contributed by atoms with E-state index >= 15 is 0 Å². The number of para-hydroxylation sites is 2. The molecule has 0 spiro atoms. The van der Waals surface area contributed by atoms with Gasteiger partial charge in [-0.15, -0.1) is 24.0 Å². The number of pyridine rings is 1. The monoisotopic (exact) mass is 498 g/mol. The van der Waals surface area contributed by atoms with Crippen LogP contribution in [0.15, 0.2) is 47.6 Å². The summed E-state index contributed by atoms with van der Waals surface area (Å²) in [7, 11) is 1.77. The van der Waals surface area contributed by atoms with Crippen LogP contribution >= 0.6 is 35.6 Å². The summed E-state index contributed by atoms with van der Waals surface area (Å²) in [5.41, 5.74) is 3.28. The first-order valence-corrected chi connectivity index (χ1v) is 9.02. The normalized spacial score (nSPS) is 11.3. The van der Waals surface area contributed by atoms with E-state index in [2.05, 4.69) is 48.4 Å². The van der Waals surface area contributed by atoms with E-state index in [-0.39, 0.29) is 24.0 Å². The molecular formula is C19H24ClIN6. The minimum Gasteiger partial charge on any atom is -0.356 e. The topological polar surface area (TPSA) is 67.1 Å². The van der Waals surface area contributed by atoms with Crippen LogP contribution in [0.1, 0.15) is 17.8 Å². The molecule has 0 unspecified atom stereocenters. The lowest BCUT2D eigenvalue weighted by Crippen LogP contribution is -2.37. The summed E-state index contributed by atoms with van der Waals surface area (Å²) in [6.07, 6.45) is 2.74. The van der Waals surface area contributed by atoms with Crippen LogP contribution in [0, 0.1) is 6.92 Å². The molecule has 0 atom stereocenters. The second kappa shape index (κ2) is 10.5. The van der Waals surface area contributed by atoms with Gasteiger partial charge in [-0.05, 0) is 37.1 Å². The molecule has 0 fully saturated rings. The first kappa shape index (κ1) is 21.4. The number of hydrogen-bond donors (Lipinski definition) is 2. The van der Waals surface area contributed by atoms with Gasteiger partial charge in [-0.2, -0.15) is 0 Å². The number of rotatable bonds is 6. The Bertz CT molecular complexity index is 891. The van der Waals surface area contributed by atoms with Gasteiger partial charge >= 0.3 is 0 Å². The van der Waals surface area contributed by atoms with Crippen LogP contribution in [-0.4, -0.2) is 34.1 Å². The average Bonchev–Trinajstić information content (AvgIpc) is 2.98. The Labute approximate surface area is 181 Å². The molecule has 3 aromatic rings. The second-order valence-corrected chi connectivity index (χ2v) is 6.38. The molecule has 0 aliphatic rings. The third kappa shape index (κ3) is 5.80. The number of nitrogens with one attached hydrogen (secondary N) is 2. The van der Waals surface area contributed by atoms with Gasteiger partial charge in [-0.1, -0.05) is 29.8 Å². The van der Waals surface area contributed by atoms with Crippen LogP contribution in [0.4, 0.5) is 0 Å². The number of imidazole rings is 1. The highest BCUT2D eigenvalue weighted by atomic mass is 127. The summed E-state index contributed by atoms with van der Waals surface area (Å²) in [4.78, 5) is 12.9. The third-order valence-corrected chi connectivity index (χ3v) is 4.39. The van der Waals surface area contributed by atoms with Gasteiger partial charge in [0.15, 0.2) is 5.96 Å². The number of aryl methyl sites for hydroxylation is 2. The Morgan fingerprint density at radius 3 is 2.74 bits per heavy atom. The van der Waals surface area contributed by atoms with Gasteiger partial charge in [0, 0.05) is 32.9 Å². The van der Waals surface area contributed by atoms with Gasteiger partial charge in [0.25, 0.3) is 0 Å². The Morgan fingerprint density at radius 1 is 1.19 bits per heavy atom. The molecule has 27 heavy (non-hydrogen) atoms. The summed E-state index contributed by atoms with van der Waals surface area (Å²) < 4.78 is 2.26. The Kier molecular flexibility index (Phi) is 8.30. The highest BCUT2D eigenvalue weighted by Crippen LogP contribution is 2.15. The highest BCUT2D eigenvalue weighted by molar-refractivity contribution is 14.0. The van der Waals surface area contributed by atoms with Gasteiger partial charge in [-0.25, -0.2) is 9.97 Å². The molecule has 2 heterocycles. The van der Waals surface area contributed by atoms with Crippen molar-refractivity contribution in [1.82, 2.24) is 25.2 Å². The molecule has 8 heteroatoms. The van der Waals surface area contributed by atoms with Gasteiger partial charge < -0.3 is 15.2 Å². The number of aromatic nitrogens is 3. The lowest BCUT2D eigenvalue weighted by molar-refractivity contribution is 0.624. The van der Waals surface area contributed by atoms with E-state index in [4.69, 9.17) is 11.6 Å². The number of aliphatic imine (C=N–C) groups is 1. The van der Waals surface area contributed by atoms with Crippen LogP contribution in [0.3, 0.4) is 0 Å². The maximum atomic E-state index is 5.80. The predicted octanol–water partition coefficient (Wildman–Crippen LogP) is 3.77. The van der Waals surface area contributed by atoms with E-state index in [1.54, 1.807) is 19.3 Å². The maximum absolute atomic E-state index is 5.80. The standard InChI is InChI=1S/C19H23ClN6.HI/c1-14-25-16-6-3-4-7-17(16)26(14)11-5-10-22-19(21-2)24-13-15-8-9-18(20)23-12-15;/h3-4,6-9,12H,5,10-11,13H2,1-2H3,(H2,21,22,24);1H. The van der Waals surface area contributed by atoms with Crippen LogP contribution in [0.25, 0.3) is 11.0 Å². The van der Waals surface area contributed by atoms with Crippen molar-refractivity contribution in [3.63, 3.8) is 0 Å². The Hall–Kier alpha value is -1.87. The molecule has 0 radical (unpaired) electrons. The fraction of sp³-hybridized carbons (Fsp3) is 0.316. The largest absolute Gasteiger partial charge is 0.356 e. The van der Waals surface area contributed by atoms with Crippen molar-refractivity contribution in [2.45, 2.75) is 26.4 Å². The van der Waals surface area contributed by atoms with Crippen LogP contribution in [-0.2, 0) is 13.1 Å². The molecule has 1 aromatic carbocycles. The molecule has 0 saturated carbocycles. The minimum absolute atomic E-state index is 0. The van der Waals surface area contributed by atoms with Crippen molar-refractivity contribution >= 4 is 52.6 Å². The van der Waals surface area contributed by atoms with Gasteiger partial charge in [0.2, 0.25) is 0 Å². The summed E-state index contributed by atoms with van der Waals surface area (Å²) in [5.74, 6) is 1.82. The van der Waals surface area contributed by atoms with Gasteiger partial charge in [0.05, 0.1) is 11.0 Å². The van der Waals surface area contributed by atoms with E-state index in [0.29, 0.717) is 11.7 Å². The van der Waals surface area contributed by atoms with E-state index in [1.807, 2.05) is 19.1 Å². The number of fused-ring (bicyclic) bond motifs is 1. The van der Waals surface area contributed by atoms with Crippen LogP contribution in [0.5, 0.6) is 0 Å². The molecule has 3 rings (SSSR count). The zero-order valence-electron chi connectivity index (χ0n) is 15.4. The molecule has 0 aliphatic heterocycles. The molecule has 2 N–H and O–H groups in total. The van der Waals surface area contributed by atoms with Crippen molar-refractivity contribution in [3.05, 3.63) is 59.1 Å². The fourth-order valence-corrected chi connectivity index (χ4v) is 2.95. The number of hydrogen-bond acceptors (Lipinski definition) is 3. The van der Waals surface area contributed by atoms with Crippen molar-refractivity contribution in [2.75, 3.05) is 13.6 Å². The number of benzene rings is 1. The smallest absolute Gasteiger partial charge is 0.191 e. The van der Waals surface area contributed by atoms with Crippen molar-refractivity contribution < 1.29 is 0 Å².